The molecule has 0 bridgehead atoms. The average molecular weight is 340 g/mol. The van der Waals surface area contributed by atoms with Crippen molar-refractivity contribution in [2.24, 2.45) is 11.8 Å². The van der Waals surface area contributed by atoms with Gasteiger partial charge in [0.15, 0.2) is 0 Å². The molecule has 1 aliphatic carbocycles. The summed E-state index contributed by atoms with van der Waals surface area (Å²) >= 11 is 6.36. The van der Waals surface area contributed by atoms with Crippen LogP contribution in [0.3, 0.4) is 0 Å². The Hall–Kier alpha value is -1.31. The van der Waals surface area contributed by atoms with Crippen molar-refractivity contribution in [3.63, 3.8) is 0 Å². The maximum Gasteiger partial charge on any atom is 0.0409 e. The van der Waals surface area contributed by atoms with Crippen molar-refractivity contribution in [3.05, 3.63) is 70.2 Å². The Balaban J connectivity index is 1.71. The van der Waals surface area contributed by atoms with Gasteiger partial charge in [-0.1, -0.05) is 61.3 Å². The molecule has 0 saturated carbocycles. The van der Waals surface area contributed by atoms with Gasteiger partial charge in [-0.05, 0) is 60.0 Å². The Labute approximate surface area is 150 Å². The molecule has 24 heavy (non-hydrogen) atoms. The Kier molecular flexibility index (Phi) is 4.65. The number of halogens is 1. The second kappa shape index (κ2) is 6.90. The van der Waals surface area contributed by atoms with Gasteiger partial charge in [-0.15, -0.1) is 0 Å². The largest absolute Gasteiger partial charge is 0.303 e. The van der Waals surface area contributed by atoms with Gasteiger partial charge in [0.05, 0.1) is 0 Å². The number of unbranched alkanes of at least 4 members (excludes halogenated alkanes) is 1. The molecule has 126 valence electrons. The smallest absolute Gasteiger partial charge is 0.0409 e. The van der Waals surface area contributed by atoms with E-state index in [1.807, 2.05) is 0 Å². The number of fused-ring (bicyclic) bond motifs is 2. The van der Waals surface area contributed by atoms with Crippen LogP contribution in [0.15, 0.2) is 48.5 Å². The first-order chi connectivity index (χ1) is 11.8. The zero-order chi connectivity index (χ0) is 16.5. The van der Waals surface area contributed by atoms with Gasteiger partial charge in [-0.3, -0.25) is 0 Å². The maximum atomic E-state index is 6.36. The zero-order valence-corrected chi connectivity index (χ0v) is 15.2. The minimum Gasteiger partial charge on any atom is -0.303 e. The van der Waals surface area contributed by atoms with E-state index in [0.29, 0.717) is 5.92 Å². The van der Waals surface area contributed by atoms with Crippen molar-refractivity contribution >= 4 is 11.6 Å². The molecule has 0 spiro atoms. The van der Waals surface area contributed by atoms with E-state index in [-0.39, 0.29) is 0 Å². The SMILES string of the molecule is CCCCN1CC2Cc3ccc(Cl)cc3C(c3ccccc3)C2C1. The molecule has 2 heteroatoms. The molecule has 2 aliphatic rings. The lowest BCUT2D eigenvalue weighted by Crippen LogP contribution is -2.29. The number of hydrogen-bond acceptors (Lipinski definition) is 1. The third-order valence-corrected chi connectivity index (χ3v) is 6.14. The van der Waals surface area contributed by atoms with Crippen LogP contribution in [0, 0.1) is 11.8 Å². The lowest BCUT2D eigenvalue weighted by Gasteiger charge is -2.36. The van der Waals surface area contributed by atoms with Gasteiger partial charge in [0.25, 0.3) is 0 Å². The highest BCUT2D eigenvalue weighted by molar-refractivity contribution is 6.30. The standard InChI is InChI=1S/C22H26ClN/c1-2-3-11-24-14-18-12-17-9-10-19(23)13-20(17)22(21(18)15-24)16-7-5-4-6-8-16/h4-10,13,18,21-22H,2-3,11-12,14-15H2,1H3. The molecule has 0 radical (unpaired) electrons. The Morgan fingerprint density at radius 2 is 1.92 bits per heavy atom. The van der Waals surface area contributed by atoms with Gasteiger partial charge in [0.2, 0.25) is 0 Å². The summed E-state index contributed by atoms with van der Waals surface area (Å²) in [5, 5.41) is 0.869. The molecule has 4 rings (SSSR count). The molecule has 2 aromatic rings. The van der Waals surface area contributed by atoms with Crippen molar-refractivity contribution in [1.82, 2.24) is 4.90 Å². The molecular weight excluding hydrogens is 314 g/mol. The third-order valence-electron chi connectivity index (χ3n) is 5.91. The summed E-state index contributed by atoms with van der Waals surface area (Å²) in [5.41, 5.74) is 4.42. The van der Waals surface area contributed by atoms with Gasteiger partial charge in [-0.2, -0.15) is 0 Å². The van der Waals surface area contributed by atoms with Gasteiger partial charge >= 0.3 is 0 Å². The predicted octanol–water partition coefficient (Wildman–Crippen LogP) is 5.38. The highest BCUT2D eigenvalue weighted by Gasteiger charge is 2.42. The van der Waals surface area contributed by atoms with Crippen LogP contribution < -0.4 is 0 Å². The van der Waals surface area contributed by atoms with Gasteiger partial charge < -0.3 is 4.90 Å². The Morgan fingerprint density at radius 3 is 2.71 bits per heavy atom. The molecule has 1 aliphatic heterocycles. The summed E-state index contributed by atoms with van der Waals surface area (Å²) in [7, 11) is 0. The van der Waals surface area contributed by atoms with E-state index in [2.05, 4.69) is 60.4 Å². The molecule has 0 aromatic heterocycles. The minimum absolute atomic E-state index is 0.491. The molecule has 2 aromatic carbocycles. The fourth-order valence-corrected chi connectivity index (χ4v) is 4.97. The fourth-order valence-electron chi connectivity index (χ4n) is 4.79. The summed E-state index contributed by atoms with van der Waals surface area (Å²) in [6.45, 7) is 6.03. The van der Waals surface area contributed by atoms with Crippen LogP contribution in [0.25, 0.3) is 0 Å². The minimum atomic E-state index is 0.491. The van der Waals surface area contributed by atoms with E-state index >= 15 is 0 Å². The second-order valence-corrected chi connectivity index (χ2v) is 7.91. The van der Waals surface area contributed by atoms with E-state index in [0.717, 1.165) is 16.9 Å². The number of benzene rings is 2. The lowest BCUT2D eigenvalue weighted by molar-refractivity contribution is 0.313. The first kappa shape index (κ1) is 16.2. The summed E-state index contributed by atoms with van der Waals surface area (Å²) in [5.74, 6) is 1.99. The van der Waals surface area contributed by atoms with Crippen molar-refractivity contribution in [3.8, 4) is 0 Å². The first-order valence-electron chi connectivity index (χ1n) is 9.32. The van der Waals surface area contributed by atoms with Gasteiger partial charge in [0.1, 0.15) is 0 Å². The molecule has 1 heterocycles. The van der Waals surface area contributed by atoms with Crippen molar-refractivity contribution < 1.29 is 0 Å². The van der Waals surface area contributed by atoms with Crippen LogP contribution in [0.4, 0.5) is 0 Å². The van der Waals surface area contributed by atoms with Gasteiger partial charge in [0, 0.05) is 24.0 Å². The molecule has 1 nitrogen and oxygen atoms in total. The molecule has 0 N–H and O–H groups in total. The van der Waals surface area contributed by atoms with E-state index in [4.69, 9.17) is 11.6 Å². The summed E-state index contributed by atoms with van der Waals surface area (Å²) in [4.78, 5) is 2.70. The van der Waals surface area contributed by atoms with E-state index in [1.54, 1.807) is 0 Å². The molecule has 1 saturated heterocycles. The van der Waals surface area contributed by atoms with Crippen LogP contribution in [0.5, 0.6) is 0 Å². The van der Waals surface area contributed by atoms with Crippen LogP contribution in [0.1, 0.15) is 42.4 Å². The predicted molar refractivity (Wildman–Crippen MR) is 102 cm³/mol. The molecular formula is C22H26ClN. The molecule has 3 atom stereocenters. The normalized spacial score (nSPS) is 26.2. The van der Waals surface area contributed by atoms with Crippen LogP contribution in [0.2, 0.25) is 5.02 Å². The van der Waals surface area contributed by atoms with E-state index < -0.39 is 0 Å². The number of likely N-dealkylation sites (tertiary alicyclic amines) is 1. The quantitative estimate of drug-likeness (QED) is 0.723. The lowest BCUT2D eigenvalue weighted by atomic mass is 9.68. The molecule has 3 unspecified atom stereocenters. The highest BCUT2D eigenvalue weighted by Crippen LogP contribution is 2.47. The van der Waals surface area contributed by atoms with Crippen molar-refractivity contribution in [1.29, 1.82) is 0 Å². The number of nitrogens with zero attached hydrogens (tertiary/aromatic N) is 1. The summed E-state index contributed by atoms with van der Waals surface area (Å²) in [6, 6.07) is 17.6. The van der Waals surface area contributed by atoms with Crippen LogP contribution in [-0.4, -0.2) is 24.5 Å². The number of rotatable bonds is 4. The fraction of sp³-hybridized carbons (Fsp3) is 0.455. The molecule has 1 fully saturated rings. The van der Waals surface area contributed by atoms with E-state index in [1.165, 1.54) is 55.6 Å². The van der Waals surface area contributed by atoms with E-state index in [9.17, 15) is 0 Å². The maximum absolute atomic E-state index is 6.36. The monoisotopic (exact) mass is 339 g/mol. The Morgan fingerprint density at radius 1 is 1.08 bits per heavy atom. The first-order valence-corrected chi connectivity index (χ1v) is 9.69. The second-order valence-electron chi connectivity index (χ2n) is 7.47. The Bertz CT molecular complexity index is 696. The number of hydrogen-bond donors (Lipinski definition) is 0. The van der Waals surface area contributed by atoms with Gasteiger partial charge in [-0.25, -0.2) is 0 Å². The third kappa shape index (κ3) is 3.00. The average Bonchev–Trinajstić information content (AvgIpc) is 3.01. The summed E-state index contributed by atoms with van der Waals surface area (Å²) in [6.07, 6.45) is 3.81. The molecule has 0 amide bonds. The van der Waals surface area contributed by atoms with Crippen molar-refractivity contribution in [2.45, 2.75) is 32.1 Å². The van der Waals surface area contributed by atoms with Crippen molar-refractivity contribution in [2.75, 3.05) is 19.6 Å². The highest BCUT2D eigenvalue weighted by atomic mass is 35.5. The summed E-state index contributed by atoms with van der Waals surface area (Å²) < 4.78 is 0. The van der Waals surface area contributed by atoms with Crippen LogP contribution in [-0.2, 0) is 6.42 Å². The van der Waals surface area contributed by atoms with Crippen LogP contribution >= 0.6 is 11.6 Å². The topological polar surface area (TPSA) is 3.24 Å². The zero-order valence-electron chi connectivity index (χ0n) is 14.4.